The highest BCUT2D eigenvalue weighted by atomic mass is 16.3. The lowest BCUT2D eigenvalue weighted by atomic mass is 9.85. The molecule has 3 rings (SSSR count). The zero-order valence-electron chi connectivity index (χ0n) is 14.2. The molecule has 128 valence electrons. The van der Waals surface area contributed by atoms with Crippen LogP contribution in [0.15, 0.2) is 48.5 Å². The number of benzene rings is 2. The zero-order valence-corrected chi connectivity index (χ0v) is 14.2. The van der Waals surface area contributed by atoms with E-state index in [1.807, 2.05) is 36.4 Å². The highest BCUT2D eigenvalue weighted by Gasteiger charge is 2.29. The van der Waals surface area contributed by atoms with E-state index in [4.69, 9.17) is 0 Å². The first kappa shape index (κ1) is 17.2. The molecule has 1 aliphatic carbocycles. The molecule has 0 aromatic heterocycles. The second-order valence-corrected chi connectivity index (χ2v) is 6.67. The molecule has 25 heavy (non-hydrogen) atoms. The molecule has 0 heterocycles. The maximum atomic E-state index is 12.7. The largest absolute Gasteiger partial charge is 0.388 e. The van der Waals surface area contributed by atoms with Gasteiger partial charge in [0.15, 0.2) is 0 Å². The molecule has 0 aliphatic heterocycles. The highest BCUT2D eigenvalue weighted by Crippen LogP contribution is 2.29. The lowest BCUT2D eigenvalue weighted by molar-refractivity contribution is 0.00526. The van der Waals surface area contributed by atoms with Crippen LogP contribution in [0.2, 0.25) is 0 Å². The van der Waals surface area contributed by atoms with Gasteiger partial charge < -0.3 is 10.4 Å². The smallest absolute Gasteiger partial charge is 0.252 e. The second kappa shape index (κ2) is 7.50. The van der Waals surface area contributed by atoms with Gasteiger partial charge in [-0.15, -0.1) is 0 Å². The Morgan fingerprint density at radius 3 is 2.40 bits per heavy atom. The molecule has 0 radical (unpaired) electrons. The minimum absolute atomic E-state index is 0.220. The third-order valence-corrected chi connectivity index (χ3v) is 4.87. The first-order valence-corrected chi connectivity index (χ1v) is 8.72. The molecule has 1 fully saturated rings. The number of aliphatic hydroxyl groups is 1. The average molecular weight is 334 g/mol. The van der Waals surface area contributed by atoms with E-state index >= 15 is 0 Å². The summed E-state index contributed by atoms with van der Waals surface area (Å²) in [6.07, 6.45) is 4.60. The molecule has 0 spiro atoms. The van der Waals surface area contributed by atoms with Crippen molar-refractivity contribution in [3.63, 3.8) is 0 Å². The number of nitrogens with one attached hydrogen (secondary N) is 1. The number of nitrogens with zero attached hydrogens (tertiary/aromatic N) is 1. The second-order valence-electron chi connectivity index (χ2n) is 6.67. The highest BCUT2D eigenvalue weighted by molar-refractivity contribution is 6.01. The quantitative estimate of drug-likeness (QED) is 0.896. The summed E-state index contributed by atoms with van der Waals surface area (Å²) in [5.74, 6) is -0.220. The third kappa shape index (κ3) is 3.89. The van der Waals surface area contributed by atoms with Crippen LogP contribution in [-0.2, 0) is 0 Å². The standard InChI is InChI=1S/C21H22N2O2/c22-14-16-8-2-3-9-17(16)18-10-4-5-11-19(18)20(24)23-15-21(25)12-6-1-7-13-21/h2-5,8-11,25H,1,6-7,12-13,15H2,(H,23,24). The fraction of sp³-hybridized carbons (Fsp3) is 0.333. The predicted molar refractivity (Wildman–Crippen MR) is 97.0 cm³/mol. The summed E-state index contributed by atoms with van der Waals surface area (Å²) in [5.41, 5.74) is 1.73. The number of carbonyl (C=O) groups is 1. The Labute approximate surface area is 148 Å². The lowest BCUT2D eigenvalue weighted by Gasteiger charge is -2.32. The summed E-state index contributed by atoms with van der Waals surface area (Å²) in [7, 11) is 0. The van der Waals surface area contributed by atoms with E-state index < -0.39 is 5.60 Å². The van der Waals surface area contributed by atoms with Crippen molar-refractivity contribution in [2.24, 2.45) is 0 Å². The minimum atomic E-state index is -0.798. The summed E-state index contributed by atoms with van der Waals surface area (Å²) in [6, 6.07) is 16.7. The van der Waals surface area contributed by atoms with E-state index in [1.165, 1.54) is 0 Å². The van der Waals surface area contributed by atoms with Crippen LogP contribution >= 0.6 is 0 Å². The molecule has 2 aromatic carbocycles. The first-order chi connectivity index (χ1) is 12.1. The van der Waals surface area contributed by atoms with Crippen LogP contribution < -0.4 is 5.32 Å². The van der Waals surface area contributed by atoms with Gasteiger partial charge in [0, 0.05) is 17.7 Å². The van der Waals surface area contributed by atoms with Crippen molar-refractivity contribution in [1.29, 1.82) is 5.26 Å². The molecule has 0 unspecified atom stereocenters. The van der Waals surface area contributed by atoms with E-state index in [2.05, 4.69) is 11.4 Å². The van der Waals surface area contributed by atoms with Crippen molar-refractivity contribution in [3.8, 4) is 17.2 Å². The summed E-state index contributed by atoms with van der Waals surface area (Å²) in [5, 5.41) is 22.8. The Morgan fingerprint density at radius 2 is 1.68 bits per heavy atom. The number of rotatable bonds is 4. The Kier molecular flexibility index (Phi) is 5.16. The fourth-order valence-corrected chi connectivity index (χ4v) is 3.46. The van der Waals surface area contributed by atoms with Crippen molar-refractivity contribution in [2.75, 3.05) is 6.54 Å². The average Bonchev–Trinajstić information content (AvgIpc) is 2.67. The molecule has 1 amide bonds. The van der Waals surface area contributed by atoms with Gasteiger partial charge in [0.2, 0.25) is 0 Å². The lowest BCUT2D eigenvalue weighted by Crippen LogP contribution is -2.44. The molecule has 2 N–H and O–H groups in total. The molecule has 0 saturated heterocycles. The summed E-state index contributed by atoms with van der Waals surface area (Å²) in [4.78, 5) is 12.7. The maximum absolute atomic E-state index is 12.7. The predicted octanol–water partition coefficient (Wildman–Crippen LogP) is 3.65. The van der Waals surface area contributed by atoms with Crippen LogP contribution in [0.25, 0.3) is 11.1 Å². The van der Waals surface area contributed by atoms with Crippen molar-refractivity contribution >= 4 is 5.91 Å². The molecular formula is C21H22N2O2. The number of amides is 1. The molecule has 1 aliphatic rings. The topological polar surface area (TPSA) is 73.1 Å². The monoisotopic (exact) mass is 334 g/mol. The van der Waals surface area contributed by atoms with Gasteiger partial charge in [-0.3, -0.25) is 4.79 Å². The number of carbonyl (C=O) groups excluding carboxylic acids is 1. The van der Waals surface area contributed by atoms with E-state index in [9.17, 15) is 15.2 Å². The minimum Gasteiger partial charge on any atom is -0.388 e. The summed E-state index contributed by atoms with van der Waals surface area (Å²) < 4.78 is 0. The zero-order chi connectivity index (χ0) is 17.7. The van der Waals surface area contributed by atoms with Crippen LogP contribution in [0.5, 0.6) is 0 Å². The molecule has 1 saturated carbocycles. The third-order valence-electron chi connectivity index (χ3n) is 4.87. The van der Waals surface area contributed by atoms with Gasteiger partial charge in [-0.1, -0.05) is 55.7 Å². The Bertz CT molecular complexity index is 802. The molecule has 0 bridgehead atoms. The van der Waals surface area contributed by atoms with Crippen LogP contribution in [0, 0.1) is 11.3 Å². The molecular weight excluding hydrogens is 312 g/mol. The van der Waals surface area contributed by atoms with Crippen LogP contribution in [0.1, 0.15) is 48.0 Å². The Balaban J connectivity index is 1.83. The van der Waals surface area contributed by atoms with E-state index in [0.717, 1.165) is 43.2 Å². The molecule has 4 nitrogen and oxygen atoms in total. The van der Waals surface area contributed by atoms with Gasteiger partial charge in [0.05, 0.1) is 17.2 Å². The normalized spacial score (nSPS) is 16.0. The van der Waals surface area contributed by atoms with E-state index in [-0.39, 0.29) is 12.5 Å². The van der Waals surface area contributed by atoms with Gasteiger partial charge in [0.25, 0.3) is 5.91 Å². The summed E-state index contributed by atoms with van der Waals surface area (Å²) >= 11 is 0. The maximum Gasteiger partial charge on any atom is 0.252 e. The fourth-order valence-electron chi connectivity index (χ4n) is 3.46. The SMILES string of the molecule is N#Cc1ccccc1-c1ccccc1C(=O)NCC1(O)CCCCC1. The van der Waals surface area contributed by atoms with Gasteiger partial charge >= 0.3 is 0 Å². The first-order valence-electron chi connectivity index (χ1n) is 8.72. The Morgan fingerprint density at radius 1 is 1.04 bits per heavy atom. The van der Waals surface area contributed by atoms with Crippen LogP contribution in [0.4, 0.5) is 0 Å². The van der Waals surface area contributed by atoms with Gasteiger partial charge in [-0.05, 0) is 30.5 Å². The van der Waals surface area contributed by atoms with Crippen molar-refractivity contribution in [3.05, 3.63) is 59.7 Å². The molecule has 4 heteroatoms. The van der Waals surface area contributed by atoms with Crippen molar-refractivity contribution < 1.29 is 9.90 Å². The summed E-state index contributed by atoms with van der Waals surface area (Å²) in [6.45, 7) is 0.264. The van der Waals surface area contributed by atoms with Crippen LogP contribution in [0.3, 0.4) is 0 Å². The Hall–Kier alpha value is -2.64. The van der Waals surface area contributed by atoms with Crippen molar-refractivity contribution in [2.45, 2.75) is 37.7 Å². The van der Waals surface area contributed by atoms with Crippen LogP contribution in [-0.4, -0.2) is 23.2 Å². The van der Waals surface area contributed by atoms with E-state index in [0.29, 0.717) is 11.1 Å². The number of nitriles is 1. The van der Waals surface area contributed by atoms with Crippen molar-refractivity contribution in [1.82, 2.24) is 5.32 Å². The van der Waals surface area contributed by atoms with Gasteiger partial charge in [-0.2, -0.15) is 5.26 Å². The molecule has 2 aromatic rings. The molecule has 0 atom stereocenters. The number of hydrogen-bond acceptors (Lipinski definition) is 3. The van der Waals surface area contributed by atoms with E-state index in [1.54, 1.807) is 12.1 Å². The van der Waals surface area contributed by atoms with Gasteiger partial charge in [0.1, 0.15) is 0 Å². The van der Waals surface area contributed by atoms with Gasteiger partial charge in [-0.25, -0.2) is 0 Å². The number of hydrogen-bond donors (Lipinski definition) is 2.